The summed E-state index contributed by atoms with van der Waals surface area (Å²) in [5, 5.41) is 11.7. The van der Waals surface area contributed by atoms with E-state index >= 15 is 0 Å². The van der Waals surface area contributed by atoms with Gasteiger partial charge in [0.25, 0.3) is 0 Å². The molecule has 1 aromatic rings. The van der Waals surface area contributed by atoms with Crippen molar-refractivity contribution in [2.75, 3.05) is 5.32 Å². The minimum Gasteiger partial charge on any atom is -0.478 e. The first kappa shape index (κ1) is 31.2. The van der Waals surface area contributed by atoms with Crippen molar-refractivity contribution < 1.29 is 14.7 Å². The number of carboxylic acid groups (broad SMARTS) is 1. The second-order valence-electron chi connectivity index (χ2n) is 10.3. The van der Waals surface area contributed by atoms with Gasteiger partial charge in [-0.05, 0) is 30.7 Å². The predicted molar refractivity (Wildman–Crippen MR) is 149 cm³/mol. The summed E-state index contributed by atoms with van der Waals surface area (Å²) in [5.41, 5.74) is 0.885. The van der Waals surface area contributed by atoms with Crippen LogP contribution in [0.2, 0.25) is 0 Å². The Morgan fingerprint density at radius 3 is 1.26 bits per heavy atom. The molecule has 4 nitrogen and oxygen atoms in total. The lowest BCUT2D eigenvalue weighted by atomic mass is 10.0. The maximum atomic E-state index is 12.0. The molecule has 0 saturated carbocycles. The topological polar surface area (TPSA) is 66.4 Å². The van der Waals surface area contributed by atoms with Crippen LogP contribution in [-0.4, -0.2) is 17.0 Å². The molecule has 0 aliphatic heterocycles. The predicted octanol–water partition coefficient (Wildman–Crippen LogP) is 9.93. The smallest absolute Gasteiger partial charge is 0.335 e. The van der Waals surface area contributed by atoms with E-state index in [4.69, 9.17) is 5.11 Å². The van der Waals surface area contributed by atoms with Crippen molar-refractivity contribution in [1.82, 2.24) is 0 Å². The van der Waals surface area contributed by atoms with Crippen LogP contribution in [0.25, 0.3) is 0 Å². The van der Waals surface area contributed by atoms with Crippen molar-refractivity contribution in [3.8, 4) is 0 Å². The Kier molecular flexibility index (Phi) is 20.2. The maximum Gasteiger partial charge on any atom is 0.335 e. The van der Waals surface area contributed by atoms with Gasteiger partial charge in [-0.3, -0.25) is 4.79 Å². The van der Waals surface area contributed by atoms with Crippen LogP contribution in [-0.2, 0) is 4.79 Å². The molecule has 1 rings (SSSR count). The normalized spacial score (nSPS) is 11.0. The minimum atomic E-state index is -0.956. The van der Waals surface area contributed by atoms with Crippen molar-refractivity contribution in [1.29, 1.82) is 0 Å². The highest BCUT2D eigenvalue weighted by atomic mass is 16.4. The number of carboxylic acids is 1. The van der Waals surface area contributed by atoms with E-state index in [2.05, 4.69) is 12.2 Å². The Labute approximate surface area is 215 Å². The van der Waals surface area contributed by atoms with E-state index in [0.717, 1.165) is 12.8 Å². The van der Waals surface area contributed by atoms with Crippen LogP contribution < -0.4 is 5.32 Å². The standard InChI is InChI=1S/C31H53NO3/c1-2-3-4-5-6-7-8-9-10-11-12-13-14-15-16-17-18-19-20-21-22-23-30(33)32-29-26-24-28(25-27-29)31(34)35/h24-27H,2-23H2,1H3,(H,32,33)(H,34,35). The van der Waals surface area contributed by atoms with Gasteiger partial charge in [-0.15, -0.1) is 0 Å². The molecule has 0 spiro atoms. The molecule has 0 unspecified atom stereocenters. The van der Waals surface area contributed by atoms with E-state index in [-0.39, 0.29) is 11.5 Å². The van der Waals surface area contributed by atoms with Crippen LogP contribution in [0.15, 0.2) is 24.3 Å². The Hall–Kier alpha value is -1.84. The Morgan fingerprint density at radius 1 is 0.571 bits per heavy atom. The molecule has 0 aliphatic carbocycles. The second kappa shape index (κ2) is 22.6. The zero-order chi connectivity index (χ0) is 25.4. The highest BCUT2D eigenvalue weighted by molar-refractivity contribution is 5.92. The first-order valence-electron chi connectivity index (χ1n) is 14.8. The molecule has 0 radical (unpaired) electrons. The zero-order valence-electron chi connectivity index (χ0n) is 22.6. The van der Waals surface area contributed by atoms with Gasteiger partial charge in [0, 0.05) is 12.1 Å². The molecule has 4 heteroatoms. The first-order valence-corrected chi connectivity index (χ1v) is 14.8. The summed E-state index contributed by atoms with van der Waals surface area (Å²) < 4.78 is 0. The van der Waals surface area contributed by atoms with Crippen molar-refractivity contribution in [3.63, 3.8) is 0 Å². The van der Waals surface area contributed by atoms with E-state index in [0.29, 0.717) is 12.1 Å². The third-order valence-corrected chi connectivity index (χ3v) is 6.92. The monoisotopic (exact) mass is 487 g/mol. The fraction of sp³-hybridized carbons (Fsp3) is 0.742. The SMILES string of the molecule is CCCCCCCCCCCCCCCCCCCCCCCC(=O)Nc1ccc(C(=O)O)cc1. The third kappa shape index (κ3) is 19.1. The lowest BCUT2D eigenvalue weighted by molar-refractivity contribution is -0.116. The molecule has 0 aromatic heterocycles. The number of nitrogens with one attached hydrogen (secondary N) is 1. The first-order chi connectivity index (χ1) is 17.1. The van der Waals surface area contributed by atoms with E-state index in [1.165, 1.54) is 134 Å². The number of rotatable bonds is 24. The number of aromatic carboxylic acids is 1. The largest absolute Gasteiger partial charge is 0.478 e. The molecule has 0 heterocycles. The fourth-order valence-corrected chi connectivity index (χ4v) is 4.64. The number of hydrogen-bond donors (Lipinski definition) is 2. The van der Waals surface area contributed by atoms with Crippen molar-refractivity contribution in [3.05, 3.63) is 29.8 Å². The molecule has 0 aliphatic rings. The molecule has 35 heavy (non-hydrogen) atoms. The third-order valence-electron chi connectivity index (χ3n) is 6.92. The number of anilines is 1. The molecule has 0 saturated heterocycles. The van der Waals surface area contributed by atoms with Crippen LogP contribution in [0.3, 0.4) is 0 Å². The van der Waals surface area contributed by atoms with Gasteiger partial charge in [0.2, 0.25) is 5.91 Å². The van der Waals surface area contributed by atoms with Crippen molar-refractivity contribution in [2.24, 2.45) is 0 Å². The van der Waals surface area contributed by atoms with Gasteiger partial charge in [-0.2, -0.15) is 0 Å². The lowest BCUT2D eigenvalue weighted by Gasteiger charge is -2.06. The highest BCUT2D eigenvalue weighted by Gasteiger charge is 2.05. The second-order valence-corrected chi connectivity index (χ2v) is 10.3. The van der Waals surface area contributed by atoms with Gasteiger partial charge in [-0.1, -0.05) is 135 Å². The van der Waals surface area contributed by atoms with Crippen molar-refractivity contribution in [2.45, 2.75) is 148 Å². The summed E-state index contributed by atoms with van der Waals surface area (Å²) in [6.07, 6.45) is 29.0. The summed E-state index contributed by atoms with van der Waals surface area (Å²) in [6.45, 7) is 2.28. The molecule has 0 atom stereocenters. The molecular weight excluding hydrogens is 434 g/mol. The van der Waals surface area contributed by atoms with Crippen LogP contribution in [0.5, 0.6) is 0 Å². The quantitative estimate of drug-likeness (QED) is 0.143. The van der Waals surface area contributed by atoms with Gasteiger partial charge in [0.05, 0.1) is 5.56 Å². The summed E-state index contributed by atoms with van der Waals surface area (Å²) >= 11 is 0. The summed E-state index contributed by atoms with van der Waals surface area (Å²) in [7, 11) is 0. The molecule has 200 valence electrons. The Morgan fingerprint density at radius 2 is 0.914 bits per heavy atom. The van der Waals surface area contributed by atoms with E-state index < -0.39 is 5.97 Å². The summed E-state index contributed by atoms with van der Waals surface area (Å²) in [5.74, 6) is -0.951. The van der Waals surface area contributed by atoms with E-state index in [1.54, 1.807) is 12.1 Å². The molecule has 0 bridgehead atoms. The number of unbranched alkanes of at least 4 members (excludes halogenated alkanes) is 20. The molecular formula is C31H53NO3. The minimum absolute atomic E-state index is 0.00544. The van der Waals surface area contributed by atoms with Crippen LogP contribution >= 0.6 is 0 Å². The van der Waals surface area contributed by atoms with E-state index in [9.17, 15) is 9.59 Å². The van der Waals surface area contributed by atoms with E-state index in [1.807, 2.05) is 0 Å². The van der Waals surface area contributed by atoms with Gasteiger partial charge in [-0.25, -0.2) is 4.79 Å². The Bertz CT molecular complexity index is 641. The van der Waals surface area contributed by atoms with Gasteiger partial charge in [0.15, 0.2) is 0 Å². The molecule has 1 aromatic carbocycles. The van der Waals surface area contributed by atoms with Crippen LogP contribution in [0.1, 0.15) is 159 Å². The molecule has 2 N–H and O–H groups in total. The molecule has 1 amide bonds. The van der Waals surface area contributed by atoms with Gasteiger partial charge < -0.3 is 10.4 Å². The van der Waals surface area contributed by atoms with Gasteiger partial charge >= 0.3 is 5.97 Å². The average molecular weight is 488 g/mol. The van der Waals surface area contributed by atoms with Crippen LogP contribution in [0, 0.1) is 0 Å². The number of benzene rings is 1. The summed E-state index contributed by atoms with van der Waals surface area (Å²) in [6, 6.07) is 6.30. The number of carbonyl (C=O) groups excluding carboxylic acids is 1. The van der Waals surface area contributed by atoms with Crippen LogP contribution in [0.4, 0.5) is 5.69 Å². The van der Waals surface area contributed by atoms with Crippen molar-refractivity contribution >= 4 is 17.6 Å². The summed E-state index contributed by atoms with van der Waals surface area (Å²) in [4.78, 5) is 22.9. The lowest BCUT2D eigenvalue weighted by Crippen LogP contribution is -2.11. The number of carbonyl (C=O) groups is 2. The molecule has 0 fully saturated rings. The fourth-order valence-electron chi connectivity index (χ4n) is 4.64. The zero-order valence-corrected chi connectivity index (χ0v) is 22.6. The average Bonchev–Trinajstić information content (AvgIpc) is 2.85. The number of amides is 1. The number of hydrogen-bond acceptors (Lipinski definition) is 2. The highest BCUT2D eigenvalue weighted by Crippen LogP contribution is 2.16. The maximum absolute atomic E-state index is 12.0. The Balaban J connectivity index is 1.78. The van der Waals surface area contributed by atoms with Gasteiger partial charge in [0.1, 0.15) is 0 Å².